The number of nitrogens with one attached hydrogen (secondary N) is 1. The van der Waals surface area contributed by atoms with Crippen LogP contribution in [0.5, 0.6) is 0 Å². The van der Waals surface area contributed by atoms with Crippen LogP contribution in [0.25, 0.3) is 22.1 Å². The van der Waals surface area contributed by atoms with Gasteiger partial charge in [-0.05, 0) is 5.56 Å². The average molecular weight is 240 g/mol. The molecular weight excluding hydrogens is 232 g/mol. The van der Waals surface area contributed by atoms with Crippen molar-refractivity contribution in [3.8, 4) is 22.1 Å². The van der Waals surface area contributed by atoms with Crippen LogP contribution in [-0.2, 0) is 6.42 Å². The van der Waals surface area contributed by atoms with Gasteiger partial charge in [-0.25, -0.2) is 9.97 Å². The highest BCUT2D eigenvalue weighted by Crippen LogP contribution is 2.41. The number of hydrogen-bond donors (Lipinski definition) is 1. The lowest BCUT2D eigenvalue weighted by Gasteiger charge is -1.96. The second-order valence-electron chi connectivity index (χ2n) is 3.96. The molecule has 0 bridgehead atoms. The average Bonchev–Trinajstić information content (AvgIpc) is 3.03. The molecule has 5 heteroatoms. The van der Waals surface area contributed by atoms with Crippen LogP contribution in [0.2, 0.25) is 0 Å². The summed E-state index contributed by atoms with van der Waals surface area (Å²) in [5, 5.41) is 7.63. The van der Waals surface area contributed by atoms with E-state index in [1.165, 1.54) is 22.3 Å². The Balaban J connectivity index is 1.89. The molecule has 17 heavy (non-hydrogen) atoms. The second-order valence-corrected chi connectivity index (χ2v) is 5.04. The zero-order valence-corrected chi connectivity index (χ0v) is 9.66. The van der Waals surface area contributed by atoms with Gasteiger partial charge in [0.2, 0.25) is 0 Å². The van der Waals surface area contributed by atoms with E-state index < -0.39 is 0 Å². The normalized spacial score (nSPS) is 12.5. The fraction of sp³-hybridized carbons (Fsp3) is 0.0833. The molecule has 4 nitrogen and oxygen atoms in total. The van der Waals surface area contributed by atoms with Crippen LogP contribution in [0.15, 0.2) is 30.6 Å². The molecule has 2 aromatic heterocycles. The van der Waals surface area contributed by atoms with Gasteiger partial charge in [0.25, 0.3) is 0 Å². The molecule has 1 aromatic carbocycles. The molecule has 1 N–H and O–H groups in total. The molecule has 0 atom stereocenters. The molecule has 1 aliphatic carbocycles. The van der Waals surface area contributed by atoms with E-state index in [-0.39, 0.29) is 0 Å². The van der Waals surface area contributed by atoms with Crippen molar-refractivity contribution in [3.05, 3.63) is 41.0 Å². The highest BCUT2D eigenvalue weighted by atomic mass is 32.1. The first-order chi connectivity index (χ1) is 8.42. The Labute approximate surface area is 101 Å². The second kappa shape index (κ2) is 3.24. The van der Waals surface area contributed by atoms with Crippen LogP contribution >= 0.6 is 11.3 Å². The molecule has 0 radical (unpaired) electrons. The molecule has 0 saturated heterocycles. The minimum atomic E-state index is 0.752. The molecular formula is C12H8N4S. The van der Waals surface area contributed by atoms with Crippen molar-refractivity contribution in [2.75, 3.05) is 0 Å². The van der Waals surface area contributed by atoms with Gasteiger partial charge >= 0.3 is 0 Å². The molecule has 0 fully saturated rings. The largest absolute Gasteiger partial charge is 0.257 e. The summed E-state index contributed by atoms with van der Waals surface area (Å²) < 4.78 is 0. The molecule has 3 aromatic rings. The van der Waals surface area contributed by atoms with Gasteiger partial charge in [0.15, 0.2) is 10.8 Å². The number of aromatic amines is 1. The Morgan fingerprint density at radius 3 is 3.06 bits per heavy atom. The number of H-pyrrole nitrogens is 1. The predicted molar refractivity (Wildman–Crippen MR) is 65.7 cm³/mol. The highest BCUT2D eigenvalue weighted by molar-refractivity contribution is 7.15. The van der Waals surface area contributed by atoms with E-state index in [1.807, 2.05) is 0 Å². The van der Waals surface area contributed by atoms with E-state index in [1.54, 1.807) is 11.3 Å². The van der Waals surface area contributed by atoms with E-state index in [4.69, 9.17) is 0 Å². The molecule has 1 aliphatic rings. The highest BCUT2D eigenvalue weighted by Gasteiger charge is 2.23. The Morgan fingerprint density at radius 2 is 2.18 bits per heavy atom. The summed E-state index contributed by atoms with van der Waals surface area (Å²) in [7, 11) is 0. The van der Waals surface area contributed by atoms with E-state index in [2.05, 4.69) is 44.4 Å². The minimum absolute atomic E-state index is 0.752. The number of thiazole rings is 1. The van der Waals surface area contributed by atoms with E-state index in [9.17, 15) is 0 Å². The number of nitrogens with zero attached hydrogens (tertiary/aromatic N) is 3. The van der Waals surface area contributed by atoms with Crippen molar-refractivity contribution in [1.29, 1.82) is 0 Å². The lowest BCUT2D eigenvalue weighted by molar-refractivity contribution is 1.09. The van der Waals surface area contributed by atoms with E-state index in [0.717, 1.165) is 22.9 Å². The van der Waals surface area contributed by atoms with Crippen LogP contribution in [0.3, 0.4) is 0 Å². The van der Waals surface area contributed by atoms with Crippen molar-refractivity contribution in [2.45, 2.75) is 6.42 Å². The predicted octanol–water partition coefficient (Wildman–Crippen LogP) is 2.50. The summed E-state index contributed by atoms with van der Waals surface area (Å²) in [6.45, 7) is 0. The first kappa shape index (κ1) is 9.07. The van der Waals surface area contributed by atoms with Gasteiger partial charge < -0.3 is 0 Å². The molecule has 0 spiro atoms. The molecule has 0 unspecified atom stereocenters. The Morgan fingerprint density at radius 1 is 1.24 bits per heavy atom. The topological polar surface area (TPSA) is 54.5 Å². The van der Waals surface area contributed by atoms with Crippen molar-refractivity contribution < 1.29 is 0 Å². The van der Waals surface area contributed by atoms with Gasteiger partial charge in [-0.15, -0.1) is 11.3 Å². The number of hydrogen-bond acceptors (Lipinski definition) is 4. The quantitative estimate of drug-likeness (QED) is 0.556. The Hall–Kier alpha value is -2.01. The third kappa shape index (κ3) is 1.26. The Kier molecular flexibility index (Phi) is 1.73. The number of aromatic nitrogens is 4. The molecule has 0 saturated carbocycles. The van der Waals surface area contributed by atoms with Gasteiger partial charge in [0.1, 0.15) is 6.33 Å². The molecule has 4 rings (SSSR count). The lowest BCUT2D eigenvalue weighted by atomic mass is 10.1. The smallest absolute Gasteiger partial charge is 0.184 e. The van der Waals surface area contributed by atoms with E-state index >= 15 is 0 Å². The zero-order valence-electron chi connectivity index (χ0n) is 8.84. The van der Waals surface area contributed by atoms with Crippen LogP contribution in [-0.4, -0.2) is 20.2 Å². The van der Waals surface area contributed by atoms with E-state index in [0.29, 0.717) is 0 Å². The summed E-state index contributed by atoms with van der Waals surface area (Å²) in [4.78, 5) is 10.1. The van der Waals surface area contributed by atoms with Crippen LogP contribution in [0, 0.1) is 0 Å². The summed E-state index contributed by atoms with van der Waals surface area (Å²) >= 11 is 1.69. The maximum atomic E-state index is 4.66. The van der Waals surface area contributed by atoms with Gasteiger partial charge in [-0.1, -0.05) is 24.3 Å². The third-order valence-corrected chi connectivity index (χ3v) is 4.00. The maximum absolute atomic E-state index is 4.66. The maximum Gasteiger partial charge on any atom is 0.184 e. The van der Waals surface area contributed by atoms with Crippen LogP contribution in [0.4, 0.5) is 0 Å². The van der Waals surface area contributed by atoms with Gasteiger partial charge in [-0.2, -0.15) is 5.10 Å². The summed E-state index contributed by atoms with van der Waals surface area (Å²) in [5.41, 5.74) is 3.73. The van der Waals surface area contributed by atoms with Gasteiger partial charge in [0, 0.05) is 16.9 Å². The van der Waals surface area contributed by atoms with Crippen molar-refractivity contribution in [2.24, 2.45) is 0 Å². The summed E-state index contributed by atoms with van der Waals surface area (Å²) in [6.07, 6.45) is 2.49. The first-order valence-corrected chi connectivity index (χ1v) is 6.17. The fourth-order valence-corrected chi connectivity index (χ4v) is 3.22. The molecule has 0 amide bonds. The van der Waals surface area contributed by atoms with Gasteiger partial charge in [0.05, 0.1) is 5.69 Å². The number of benzene rings is 1. The van der Waals surface area contributed by atoms with Crippen LogP contribution in [0.1, 0.15) is 10.4 Å². The molecule has 2 heterocycles. The standard InChI is InChI=1S/C12H8N4S/c1-2-4-8-7(3-1)5-9-10(8)15-12(17-9)11-13-6-14-16-11/h1-4,6H,5H2,(H,13,14,16). The SMILES string of the molecule is c1ccc2c(c1)Cc1sc(-c3ncn[nH]3)nc1-2. The zero-order chi connectivity index (χ0) is 11.2. The van der Waals surface area contributed by atoms with Crippen molar-refractivity contribution in [1.82, 2.24) is 20.2 Å². The monoisotopic (exact) mass is 240 g/mol. The minimum Gasteiger partial charge on any atom is -0.257 e. The fourth-order valence-electron chi connectivity index (χ4n) is 2.17. The van der Waals surface area contributed by atoms with Crippen molar-refractivity contribution in [3.63, 3.8) is 0 Å². The summed E-state index contributed by atoms with van der Waals surface area (Å²) in [5.74, 6) is 0.752. The van der Waals surface area contributed by atoms with Crippen LogP contribution < -0.4 is 0 Å². The summed E-state index contributed by atoms with van der Waals surface area (Å²) in [6, 6.07) is 8.43. The molecule has 82 valence electrons. The lowest BCUT2D eigenvalue weighted by Crippen LogP contribution is -1.82. The molecule has 0 aliphatic heterocycles. The number of fused-ring (bicyclic) bond motifs is 3. The van der Waals surface area contributed by atoms with Gasteiger partial charge in [-0.3, -0.25) is 5.10 Å². The Bertz CT molecular complexity index is 684. The van der Waals surface area contributed by atoms with Crippen molar-refractivity contribution >= 4 is 11.3 Å². The number of rotatable bonds is 1. The first-order valence-electron chi connectivity index (χ1n) is 5.35. The third-order valence-electron chi connectivity index (χ3n) is 2.94.